The zero-order valence-corrected chi connectivity index (χ0v) is 11.9. The average Bonchev–Trinajstić information content (AvgIpc) is 3.16. The minimum Gasteiger partial charge on any atom is -0.354 e. The van der Waals surface area contributed by atoms with Crippen LogP contribution in [0.5, 0.6) is 0 Å². The van der Waals surface area contributed by atoms with Gasteiger partial charge in [0.1, 0.15) is 5.69 Å². The fraction of sp³-hybridized carbons (Fsp3) is 0.462. The molecule has 0 bridgehead atoms. The fourth-order valence-electron chi connectivity index (χ4n) is 2.22. The van der Waals surface area contributed by atoms with E-state index in [0.717, 1.165) is 18.5 Å². The Balaban J connectivity index is 2.10. The van der Waals surface area contributed by atoms with Gasteiger partial charge in [0, 0.05) is 18.7 Å². The highest BCUT2D eigenvalue weighted by atomic mass is 16.6. The van der Waals surface area contributed by atoms with Crippen LogP contribution < -0.4 is 5.32 Å². The minimum absolute atomic E-state index is 0.109. The molecular weight excluding hydrogens is 272 g/mol. The average molecular weight is 288 g/mol. The molecule has 2 aromatic heterocycles. The van der Waals surface area contributed by atoms with Crippen molar-refractivity contribution >= 4 is 11.6 Å². The number of hydrogen-bond acceptors (Lipinski definition) is 6. The van der Waals surface area contributed by atoms with Gasteiger partial charge in [0.25, 0.3) is 0 Å². The molecule has 8 heteroatoms. The Bertz CT molecular complexity index is 692. The van der Waals surface area contributed by atoms with Crippen molar-refractivity contribution in [3.8, 4) is 5.82 Å². The Labute approximate surface area is 121 Å². The van der Waals surface area contributed by atoms with Crippen molar-refractivity contribution in [2.24, 2.45) is 0 Å². The molecule has 1 saturated carbocycles. The van der Waals surface area contributed by atoms with Crippen LogP contribution in [-0.4, -0.2) is 31.2 Å². The Morgan fingerprint density at radius 2 is 2.24 bits per heavy atom. The van der Waals surface area contributed by atoms with Crippen LogP contribution in [0.25, 0.3) is 5.82 Å². The highest BCUT2D eigenvalue weighted by molar-refractivity contribution is 5.53. The Hall–Kier alpha value is -2.51. The van der Waals surface area contributed by atoms with E-state index >= 15 is 0 Å². The molecule has 0 atom stereocenters. The highest BCUT2D eigenvalue weighted by Gasteiger charge is 2.28. The van der Waals surface area contributed by atoms with Crippen molar-refractivity contribution in [3.63, 3.8) is 0 Å². The highest BCUT2D eigenvalue weighted by Crippen LogP contribution is 2.39. The van der Waals surface area contributed by atoms with Gasteiger partial charge in [-0.15, -0.1) is 0 Å². The lowest BCUT2D eigenvalue weighted by molar-refractivity contribution is -0.385. The first-order chi connectivity index (χ1) is 10.1. The molecule has 0 saturated heterocycles. The Kier molecular flexibility index (Phi) is 3.28. The number of nitrogens with zero attached hydrogens (tertiary/aromatic N) is 5. The summed E-state index contributed by atoms with van der Waals surface area (Å²) in [6, 6.07) is 1.89. The van der Waals surface area contributed by atoms with Crippen molar-refractivity contribution in [2.75, 3.05) is 11.9 Å². The van der Waals surface area contributed by atoms with E-state index < -0.39 is 4.92 Å². The molecule has 1 aliphatic carbocycles. The number of nitro groups is 1. The maximum absolute atomic E-state index is 11.3. The third-order valence-corrected chi connectivity index (χ3v) is 3.38. The van der Waals surface area contributed by atoms with Crippen molar-refractivity contribution in [2.45, 2.75) is 32.6 Å². The zero-order valence-electron chi connectivity index (χ0n) is 11.9. The second-order valence-corrected chi connectivity index (χ2v) is 5.05. The molecule has 1 N–H and O–H groups in total. The number of hydrogen-bond donors (Lipinski definition) is 1. The van der Waals surface area contributed by atoms with Gasteiger partial charge in [-0.25, -0.2) is 9.67 Å². The monoisotopic (exact) mass is 288 g/mol. The maximum atomic E-state index is 11.3. The molecule has 1 aliphatic rings. The SMILES string of the molecule is CCNc1nc(C)c([N+](=O)[O-])c(-n2ccc(C3CC3)n2)n1. The van der Waals surface area contributed by atoms with Crippen LogP contribution in [0, 0.1) is 17.0 Å². The van der Waals surface area contributed by atoms with Gasteiger partial charge in [0.05, 0.1) is 10.6 Å². The summed E-state index contributed by atoms with van der Waals surface area (Å²) in [4.78, 5) is 19.2. The first-order valence-electron chi connectivity index (χ1n) is 6.93. The summed E-state index contributed by atoms with van der Waals surface area (Å²) >= 11 is 0. The molecule has 0 aliphatic heterocycles. The normalized spacial score (nSPS) is 14.2. The smallest absolute Gasteiger partial charge is 0.334 e. The van der Waals surface area contributed by atoms with Crippen LogP contribution in [0.4, 0.5) is 11.6 Å². The van der Waals surface area contributed by atoms with E-state index in [9.17, 15) is 10.1 Å². The standard InChI is InChI=1S/C13H16N6O2/c1-3-14-13-15-8(2)11(19(20)21)12(16-13)18-7-6-10(17-18)9-4-5-9/h6-7,9H,3-5H2,1-2H3,(H,14,15,16). The molecule has 0 aromatic carbocycles. The van der Waals surface area contributed by atoms with Crippen LogP contribution >= 0.6 is 0 Å². The van der Waals surface area contributed by atoms with Crippen molar-refractivity contribution in [1.82, 2.24) is 19.7 Å². The second kappa shape index (κ2) is 5.12. The van der Waals surface area contributed by atoms with Gasteiger partial charge >= 0.3 is 5.69 Å². The van der Waals surface area contributed by atoms with Crippen LogP contribution in [0.15, 0.2) is 12.3 Å². The summed E-state index contributed by atoms with van der Waals surface area (Å²) in [5, 5.41) is 18.7. The van der Waals surface area contributed by atoms with Gasteiger partial charge in [0.15, 0.2) is 0 Å². The summed E-state index contributed by atoms with van der Waals surface area (Å²) < 4.78 is 1.47. The van der Waals surface area contributed by atoms with Crippen molar-refractivity contribution in [3.05, 3.63) is 33.8 Å². The number of aromatic nitrogens is 4. The Morgan fingerprint density at radius 1 is 1.48 bits per heavy atom. The van der Waals surface area contributed by atoms with Gasteiger partial charge in [-0.2, -0.15) is 10.1 Å². The second-order valence-electron chi connectivity index (χ2n) is 5.05. The molecule has 0 unspecified atom stereocenters. The molecule has 0 radical (unpaired) electrons. The molecule has 3 rings (SSSR count). The number of aryl methyl sites for hydroxylation is 1. The third-order valence-electron chi connectivity index (χ3n) is 3.38. The molecule has 110 valence electrons. The van der Waals surface area contributed by atoms with Crippen LogP contribution in [-0.2, 0) is 0 Å². The van der Waals surface area contributed by atoms with E-state index in [1.54, 1.807) is 13.1 Å². The predicted octanol–water partition coefficient (Wildman–Crippen LogP) is 2.19. The molecule has 21 heavy (non-hydrogen) atoms. The van der Waals surface area contributed by atoms with Gasteiger partial charge in [-0.3, -0.25) is 10.1 Å². The van der Waals surface area contributed by atoms with E-state index in [-0.39, 0.29) is 11.5 Å². The summed E-state index contributed by atoms with van der Waals surface area (Å²) in [7, 11) is 0. The number of nitrogens with one attached hydrogen (secondary N) is 1. The molecular formula is C13H16N6O2. The molecule has 2 heterocycles. The maximum Gasteiger partial charge on any atom is 0.334 e. The molecule has 2 aromatic rings. The zero-order chi connectivity index (χ0) is 15.0. The lowest BCUT2D eigenvalue weighted by Crippen LogP contribution is -2.11. The summed E-state index contributed by atoms with van der Waals surface area (Å²) in [6.07, 6.45) is 3.98. The lowest BCUT2D eigenvalue weighted by atomic mass is 10.3. The summed E-state index contributed by atoms with van der Waals surface area (Å²) in [5.41, 5.74) is 1.18. The topological polar surface area (TPSA) is 98.8 Å². The largest absolute Gasteiger partial charge is 0.354 e. The number of rotatable bonds is 5. The molecule has 1 fully saturated rings. The Morgan fingerprint density at radius 3 is 2.86 bits per heavy atom. The minimum atomic E-state index is -0.459. The molecule has 0 spiro atoms. The van der Waals surface area contributed by atoms with Crippen molar-refractivity contribution < 1.29 is 4.92 Å². The summed E-state index contributed by atoms with van der Waals surface area (Å²) in [6.45, 7) is 4.16. The van der Waals surface area contributed by atoms with E-state index in [1.807, 2.05) is 13.0 Å². The van der Waals surface area contributed by atoms with Crippen molar-refractivity contribution in [1.29, 1.82) is 0 Å². The summed E-state index contributed by atoms with van der Waals surface area (Å²) in [5.74, 6) is 1.07. The van der Waals surface area contributed by atoms with Gasteiger partial charge in [-0.05, 0) is 32.8 Å². The fourth-order valence-corrected chi connectivity index (χ4v) is 2.22. The third kappa shape index (κ3) is 2.56. The van der Waals surface area contributed by atoms with E-state index in [0.29, 0.717) is 24.1 Å². The first-order valence-corrected chi connectivity index (χ1v) is 6.93. The van der Waals surface area contributed by atoms with E-state index in [2.05, 4.69) is 20.4 Å². The first kappa shape index (κ1) is 13.5. The molecule has 8 nitrogen and oxygen atoms in total. The van der Waals surface area contributed by atoms with Gasteiger partial charge < -0.3 is 5.32 Å². The van der Waals surface area contributed by atoms with Crippen LogP contribution in [0.2, 0.25) is 0 Å². The van der Waals surface area contributed by atoms with Crippen LogP contribution in [0.3, 0.4) is 0 Å². The van der Waals surface area contributed by atoms with Gasteiger partial charge in [0.2, 0.25) is 11.8 Å². The molecule has 0 amide bonds. The number of anilines is 1. The van der Waals surface area contributed by atoms with E-state index in [1.165, 1.54) is 4.68 Å². The van der Waals surface area contributed by atoms with E-state index in [4.69, 9.17) is 0 Å². The lowest BCUT2D eigenvalue weighted by Gasteiger charge is -2.08. The van der Waals surface area contributed by atoms with Gasteiger partial charge in [-0.1, -0.05) is 0 Å². The van der Waals surface area contributed by atoms with Crippen LogP contribution in [0.1, 0.15) is 37.1 Å². The predicted molar refractivity (Wildman–Crippen MR) is 76.7 cm³/mol. The quantitative estimate of drug-likeness (QED) is 0.668.